The summed E-state index contributed by atoms with van der Waals surface area (Å²) >= 11 is 12.2. The van der Waals surface area contributed by atoms with Gasteiger partial charge < -0.3 is 19.8 Å². The van der Waals surface area contributed by atoms with Gasteiger partial charge in [-0.05, 0) is 24.3 Å². The van der Waals surface area contributed by atoms with Crippen LogP contribution in [0.4, 0.5) is 5.69 Å². The van der Waals surface area contributed by atoms with Crippen molar-refractivity contribution in [1.82, 2.24) is 4.98 Å². The molecule has 0 atom stereocenters. The number of H-pyrrole nitrogens is 1. The molecule has 128 valence electrons. The first-order valence-electron chi connectivity index (χ1n) is 7.79. The van der Waals surface area contributed by atoms with Gasteiger partial charge in [0.15, 0.2) is 11.5 Å². The molecule has 7 heteroatoms. The summed E-state index contributed by atoms with van der Waals surface area (Å²) in [5.41, 5.74) is 1.72. The van der Waals surface area contributed by atoms with Gasteiger partial charge >= 0.3 is 0 Å². The minimum Gasteiger partial charge on any atom is -0.490 e. The second kappa shape index (κ2) is 6.50. The second-order valence-corrected chi connectivity index (χ2v) is 6.54. The number of anilines is 1. The van der Waals surface area contributed by atoms with Crippen LogP contribution < -0.4 is 14.8 Å². The molecule has 0 aliphatic carbocycles. The van der Waals surface area contributed by atoms with Crippen molar-refractivity contribution in [3.8, 4) is 11.5 Å². The quantitative estimate of drug-likeness (QED) is 0.669. The van der Waals surface area contributed by atoms with Crippen LogP contribution in [0.1, 0.15) is 16.9 Å². The Balaban J connectivity index is 1.62. The van der Waals surface area contributed by atoms with Crippen LogP contribution in [-0.4, -0.2) is 24.1 Å². The van der Waals surface area contributed by atoms with E-state index in [9.17, 15) is 4.79 Å². The minimum absolute atomic E-state index is 0.302. The number of aromatic nitrogens is 1. The van der Waals surface area contributed by atoms with Crippen LogP contribution in [0.5, 0.6) is 11.5 Å². The van der Waals surface area contributed by atoms with E-state index in [0.29, 0.717) is 46.1 Å². The van der Waals surface area contributed by atoms with Crippen molar-refractivity contribution < 1.29 is 14.3 Å². The molecular weight excluding hydrogens is 363 g/mol. The predicted molar refractivity (Wildman–Crippen MR) is 98.3 cm³/mol. The molecule has 0 saturated carbocycles. The topological polar surface area (TPSA) is 63.4 Å². The van der Waals surface area contributed by atoms with E-state index in [-0.39, 0.29) is 5.91 Å². The normalized spacial score (nSPS) is 13.5. The molecule has 0 spiro atoms. The van der Waals surface area contributed by atoms with E-state index in [1.54, 1.807) is 30.3 Å². The lowest BCUT2D eigenvalue weighted by Crippen LogP contribution is -2.12. The molecular formula is C18H14Cl2N2O3. The van der Waals surface area contributed by atoms with Gasteiger partial charge in [-0.2, -0.15) is 0 Å². The maximum Gasteiger partial charge on any atom is 0.272 e. The fraction of sp³-hybridized carbons (Fsp3) is 0.167. The molecule has 2 aromatic carbocycles. The first-order valence-corrected chi connectivity index (χ1v) is 8.54. The number of hydrogen-bond donors (Lipinski definition) is 2. The summed E-state index contributed by atoms with van der Waals surface area (Å²) in [6, 6.07) is 10.5. The summed E-state index contributed by atoms with van der Waals surface area (Å²) in [6.45, 7) is 1.14. The molecule has 0 unspecified atom stereocenters. The van der Waals surface area contributed by atoms with E-state index in [0.717, 1.165) is 17.3 Å². The van der Waals surface area contributed by atoms with Gasteiger partial charge in [0.1, 0.15) is 5.69 Å². The standard InChI is InChI=1S/C18H14Cl2N2O3/c19-11-2-3-13-10(6-11)7-15(21-13)18(23)22-14-9-17-16(8-12(14)20)24-4-1-5-25-17/h2-3,6-9,21H,1,4-5H2,(H,22,23). The molecule has 0 bridgehead atoms. The van der Waals surface area contributed by atoms with Gasteiger partial charge in [-0.15, -0.1) is 0 Å². The van der Waals surface area contributed by atoms with Crippen molar-refractivity contribution >= 4 is 45.7 Å². The van der Waals surface area contributed by atoms with Gasteiger partial charge in [-0.1, -0.05) is 23.2 Å². The van der Waals surface area contributed by atoms with Crippen molar-refractivity contribution in [3.05, 3.63) is 52.1 Å². The monoisotopic (exact) mass is 376 g/mol. The number of carbonyl (C=O) groups is 1. The maximum atomic E-state index is 12.6. The fourth-order valence-corrected chi connectivity index (χ4v) is 3.08. The summed E-state index contributed by atoms with van der Waals surface area (Å²) in [5, 5.41) is 4.67. The average molecular weight is 377 g/mol. The van der Waals surface area contributed by atoms with Gasteiger partial charge in [0, 0.05) is 34.5 Å². The highest BCUT2D eigenvalue weighted by Crippen LogP contribution is 2.37. The highest BCUT2D eigenvalue weighted by molar-refractivity contribution is 6.34. The molecule has 1 aliphatic rings. The average Bonchev–Trinajstić information content (AvgIpc) is 2.88. The molecule has 25 heavy (non-hydrogen) atoms. The van der Waals surface area contributed by atoms with Crippen molar-refractivity contribution in [2.24, 2.45) is 0 Å². The number of hydrogen-bond acceptors (Lipinski definition) is 3. The van der Waals surface area contributed by atoms with Crippen molar-refractivity contribution in [2.75, 3.05) is 18.5 Å². The molecule has 1 aromatic heterocycles. The van der Waals surface area contributed by atoms with Crippen LogP contribution in [-0.2, 0) is 0 Å². The Morgan fingerprint density at radius 3 is 2.60 bits per heavy atom. The first kappa shape index (κ1) is 16.1. The number of rotatable bonds is 2. The van der Waals surface area contributed by atoms with Crippen molar-refractivity contribution in [1.29, 1.82) is 0 Å². The minimum atomic E-state index is -0.302. The number of fused-ring (bicyclic) bond motifs is 2. The summed E-state index contributed by atoms with van der Waals surface area (Å²) < 4.78 is 11.2. The lowest BCUT2D eigenvalue weighted by molar-refractivity contribution is 0.102. The number of aromatic amines is 1. The molecule has 3 aromatic rings. The summed E-state index contributed by atoms with van der Waals surface area (Å²) in [4.78, 5) is 15.6. The molecule has 1 aliphatic heterocycles. The van der Waals surface area contributed by atoms with Crippen LogP contribution in [0.25, 0.3) is 10.9 Å². The number of halogens is 2. The van der Waals surface area contributed by atoms with Crippen LogP contribution in [0, 0.1) is 0 Å². The van der Waals surface area contributed by atoms with Gasteiger partial charge in [0.25, 0.3) is 5.91 Å². The van der Waals surface area contributed by atoms with E-state index in [1.165, 1.54) is 0 Å². The zero-order valence-corrected chi connectivity index (χ0v) is 14.6. The number of carbonyl (C=O) groups excluding carboxylic acids is 1. The smallest absolute Gasteiger partial charge is 0.272 e. The lowest BCUT2D eigenvalue weighted by atomic mass is 10.2. The highest BCUT2D eigenvalue weighted by Gasteiger charge is 2.17. The number of ether oxygens (including phenoxy) is 2. The van der Waals surface area contributed by atoms with E-state index < -0.39 is 0 Å². The van der Waals surface area contributed by atoms with Gasteiger partial charge in [-0.3, -0.25) is 4.79 Å². The van der Waals surface area contributed by atoms with Crippen LogP contribution in [0.15, 0.2) is 36.4 Å². The fourth-order valence-electron chi connectivity index (χ4n) is 2.70. The Labute approximate surface area is 153 Å². The zero-order chi connectivity index (χ0) is 17.4. The molecule has 5 nitrogen and oxygen atoms in total. The number of amides is 1. The molecule has 0 saturated heterocycles. The van der Waals surface area contributed by atoms with E-state index in [1.807, 2.05) is 6.07 Å². The Bertz CT molecular complexity index is 968. The molecule has 4 rings (SSSR count). The first-order chi connectivity index (χ1) is 12.1. The Kier molecular flexibility index (Phi) is 4.19. The molecule has 0 radical (unpaired) electrons. The van der Waals surface area contributed by atoms with Gasteiger partial charge in [0.2, 0.25) is 0 Å². The Morgan fingerprint density at radius 2 is 1.80 bits per heavy atom. The molecule has 2 heterocycles. The SMILES string of the molecule is O=C(Nc1cc2c(cc1Cl)OCCCO2)c1cc2cc(Cl)ccc2[nH]1. The predicted octanol–water partition coefficient (Wildman–Crippen LogP) is 4.89. The summed E-state index contributed by atoms with van der Waals surface area (Å²) in [5.74, 6) is 0.852. The van der Waals surface area contributed by atoms with E-state index >= 15 is 0 Å². The van der Waals surface area contributed by atoms with Crippen LogP contribution in [0.2, 0.25) is 10.0 Å². The van der Waals surface area contributed by atoms with E-state index in [4.69, 9.17) is 32.7 Å². The zero-order valence-electron chi connectivity index (χ0n) is 13.1. The third-order valence-electron chi connectivity index (χ3n) is 3.91. The molecule has 0 fully saturated rings. The van der Waals surface area contributed by atoms with Crippen molar-refractivity contribution in [2.45, 2.75) is 6.42 Å². The van der Waals surface area contributed by atoms with E-state index in [2.05, 4.69) is 10.3 Å². The molecule has 2 N–H and O–H groups in total. The Morgan fingerprint density at radius 1 is 1.04 bits per heavy atom. The number of benzene rings is 2. The number of nitrogens with one attached hydrogen (secondary N) is 2. The summed E-state index contributed by atoms with van der Waals surface area (Å²) in [6.07, 6.45) is 0.797. The largest absolute Gasteiger partial charge is 0.490 e. The second-order valence-electron chi connectivity index (χ2n) is 5.70. The summed E-state index contributed by atoms with van der Waals surface area (Å²) in [7, 11) is 0. The third kappa shape index (κ3) is 3.25. The third-order valence-corrected chi connectivity index (χ3v) is 4.46. The van der Waals surface area contributed by atoms with Gasteiger partial charge in [0.05, 0.1) is 23.9 Å². The van der Waals surface area contributed by atoms with Crippen LogP contribution in [0.3, 0.4) is 0 Å². The highest BCUT2D eigenvalue weighted by atomic mass is 35.5. The Hall–Kier alpha value is -2.37. The molecule has 1 amide bonds. The van der Waals surface area contributed by atoms with Crippen LogP contribution >= 0.6 is 23.2 Å². The van der Waals surface area contributed by atoms with Gasteiger partial charge in [-0.25, -0.2) is 0 Å². The lowest BCUT2D eigenvalue weighted by Gasteiger charge is -2.12. The van der Waals surface area contributed by atoms with Crippen molar-refractivity contribution in [3.63, 3.8) is 0 Å². The maximum absolute atomic E-state index is 12.6.